The molecule has 0 aliphatic heterocycles. The number of ether oxygens (including phenoxy) is 1. The zero-order chi connectivity index (χ0) is 13.7. The fraction of sp³-hybridized carbons (Fsp3) is 0.357. The number of halogens is 1. The minimum absolute atomic E-state index is 0.721. The van der Waals surface area contributed by atoms with Gasteiger partial charge in [-0.1, -0.05) is 18.2 Å². The minimum Gasteiger partial charge on any atom is -0.383 e. The van der Waals surface area contributed by atoms with Gasteiger partial charge in [-0.15, -0.1) is 0 Å². The number of rotatable bonds is 6. The van der Waals surface area contributed by atoms with Gasteiger partial charge in [0.1, 0.15) is 0 Å². The molecule has 0 radical (unpaired) electrons. The van der Waals surface area contributed by atoms with Crippen molar-refractivity contribution >= 4 is 22.6 Å². The smallest absolute Gasteiger partial charge is 0.0978 e. The van der Waals surface area contributed by atoms with Crippen molar-refractivity contribution in [1.82, 2.24) is 15.1 Å². The molecule has 0 aliphatic carbocycles. The lowest BCUT2D eigenvalue weighted by Gasteiger charge is -2.06. The fourth-order valence-electron chi connectivity index (χ4n) is 1.94. The molecule has 0 amide bonds. The summed E-state index contributed by atoms with van der Waals surface area (Å²) in [7, 11) is 3.67. The lowest BCUT2D eigenvalue weighted by atomic mass is 10.1. The Morgan fingerprint density at radius 1 is 1.37 bits per heavy atom. The van der Waals surface area contributed by atoms with E-state index in [4.69, 9.17) is 4.74 Å². The van der Waals surface area contributed by atoms with E-state index in [-0.39, 0.29) is 0 Å². The third kappa shape index (κ3) is 3.77. The van der Waals surface area contributed by atoms with Crippen molar-refractivity contribution in [2.45, 2.75) is 6.54 Å². The average Bonchev–Trinajstić information content (AvgIpc) is 2.76. The van der Waals surface area contributed by atoms with Crippen LogP contribution in [0.15, 0.2) is 30.5 Å². The van der Waals surface area contributed by atoms with E-state index in [1.165, 1.54) is 14.7 Å². The number of methoxy groups -OCH3 is 1. The number of benzene rings is 1. The Bertz CT molecular complexity index is 539. The molecular weight excluding hydrogens is 353 g/mol. The van der Waals surface area contributed by atoms with Crippen molar-refractivity contribution in [2.24, 2.45) is 7.05 Å². The first-order valence-electron chi connectivity index (χ1n) is 6.19. The summed E-state index contributed by atoms with van der Waals surface area (Å²) in [6.45, 7) is 2.37. The van der Waals surface area contributed by atoms with Crippen LogP contribution in [0.25, 0.3) is 11.3 Å². The quantitative estimate of drug-likeness (QED) is 0.626. The van der Waals surface area contributed by atoms with Crippen LogP contribution < -0.4 is 5.32 Å². The van der Waals surface area contributed by atoms with E-state index >= 15 is 0 Å². The van der Waals surface area contributed by atoms with Crippen LogP contribution in [0.1, 0.15) is 5.56 Å². The van der Waals surface area contributed by atoms with E-state index in [0.717, 1.165) is 25.4 Å². The number of hydrogen-bond acceptors (Lipinski definition) is 3. The van der Waals surface area contributed by atoms with Crippen LogP contribution in [0.2, 0.25) is 0 Å². The number of aryl methyl sites for hydroxylation is 1. The van der Waals surface area contributed by atoms with E-state index in [9.17, 15) is 0 Å². The average molecular weight is 371 g/mol. The predicted octanol–water partition coefficient (Wildman–Crippen LogP) is 2.43. The highest BCUT2D eigenvalue weighted by molar-refractivity contribution is 14.1. The van der Waals surface area contributed by atoms with Gasteiger partial charge in [-0.3, -0.25) is 4.68 Å². The van der Waals surface area contributed by atoms with Gasteiger partial charge < -0.3 is 10.1 Å². The molecule has 5 heteroatoms. The number of nitrogens with zero attached hydrogens (tertiary/aromatic N) is 2. The van der Waals surface area contributed by atoms with Crippen molar-refractivity contribution < 1.29 is 4.74 Å². The van der Waals surface area contributed by atoms with Gasteiger partial charge in [0.15, 0.2) is 0 Å². The summed E-state index contributed by atoms with van der Waals surface area (Å²) in [5.74, 6) is 0. The molecule has 2 aromatic rings. The first-order chi connectivity index (χ1) is 9.22. The van der Waals surface area contributed by atoms with E-state index < -0.39 is 0 Å². The Hall–Kier alpha value is -0.920. The summed E-state index contributed by atoms with van der Waals surface area (Å²) in [6.07, 6.45) is 2.07. The number of aromatic nitrogens is 2. The van der Waals surface area contributed by atoms with Crippen LogP contribution >= 0.6 is 22.6 Å². The maximum Gasteiger partial charge on any atom is 0.0978 e. The second-order valence-electron chi connectivity index (χ2n) is 4.33. The normalized spacial score (nSPS) is 10.9. The molecule has 1 aromatic heterocycles. The molecule has 4 nitrogen and oxygen atoms in total. The fourth-order valence-corrected chi connectivity index (χ4v) is 2.59. The van der Waals surface area contributed by atoms with Gasteiger partial charge in [-0.25, -0.2) is 0 Å². The van der Waals surface area contributed by atoms with Gasteiger partial charge in [-0.05, 0) is 28.7 Å². The molecule has 1 aromatic carbocycles. The molecule has 0 atom stereocenters. The Balaban J connectivity index is 2.19. The summed E-state index contributed by atoms with van der Waals surface area (Å²) >= 11 is 2.35. The lowest BCUT2D eigenvalue weighted by molar-refractivity contribution is 0.199. The van der Waals surface area contributed by atoms with Crippen LogP contribution in [0, 0.1) is 3.57 Å². The summed E-state index contributed by atoms with van der Waals surface area (Å²) in [5, 5.41) is 7.95. The number of nitrogens with one attached hydrogen (secondary N) is 1. The monoisotopic (exact) mass is 371 g/mol. The van der Waals surface area contributed by atoms with Gasteiger partial charge in [-0.2, -0.15) is 5.10 Å². The van der Waals surface area contributed by atoms with Crippen LogP contribution in [0.4, 0.5) is 0 Å². The third-order valence-corrected chi connectivity index (χ3v) is 3.77. The van der Waals surface area contributed by atoms with Crippen LogP contribution in [0.5, 0.6) is 0 Å². The maximum absolute atomic E-state index is 5.03. The topological polar surface area (TPSA) is 39.1 Å². The van der Waals surface area contributed by atoms with E-state index in [1.54, 1.807) is 7.11 Å². The summed E-state index contributed by atoms with van der Waals surface area (Å²) in [4.78, 5) is 0. The van der Waals surface area contributed by atoms with E-state index in [2.05, 4.69) is 51.3 Å². The molecule has 0 unspecified atom stereocenters. The van der Waals surface area contributed by atoms with Crippen molar-refractivity contribution in [1.29, 1.82) is 0 Å². The Labute approximate surface area is 127 Å². The Morgan fingerprint density at radius 3 is 2.89 bits per heavy atom. The van der Waals surface area contributed by atoms with Gasteiger partial charge in [0, 0.05) is 48.1 Å². The van der Waals surface area contributed by atoms with Crippen molar-refractivity contribution in [3.8, 4) is 11.3 Å². The van der Waals surface area contributed by atoms with Gasteiger partial charge in [0.05, 0.1) is 12.3 Å². The predicted molar refractivity (Wildman–Crippen MR) is 84.9 cm³/mol. The zero-order valence-electron chi connectivity index (χ0n) is 11.2. The second kappa shape index (κ2) is 7.02. The molecule has 2 rings (SSSR count). The van der Waals surface area contributed by atoms with Crippen LogP contribution in [-0.4, -0.2) is 30.0 Å². The molecule has 102 valence electrons. The molecule has 0 saturated heterocycles. The van der Waals surface area contributed by atoms with Crippen LogP contribution in [-0.2, 0) is 18.3 Å². The Morgan fingerprint density at radius 2 is 2.16 bits per heavy atom. The first-order valence-corrected chi connectivity index (χ1v) is 7.27. The maximum atomic E-state index is 5.03. The second-order valence-corrected chi connectivity index (χ2v) is 5.49. The molecule has 0 bridgehead atoms. The highest BCUT2D eigenvalue weighted by Gasteiger charge is 2.12. The largest absolute Gasteiger partial charge is 0.383 e. The molecular formula is C14H18IN3O. The summed E-state index contributed by atoms with van der Waals surface area (Å²) in [5.41, 5.74) is 3.45. The molecule has 1 N–H and O–H groups in total. The van der Waals surface area contributed by atoms with Gasteiger partial charge in [0.25, 0.3) is 0 Å². The van der Waals surface area contributed by atoms with Gasteiger partial charge in [0.2, 0.25) is 0 Å². The molecule has 0 fully saturated rings. The molecule has 0 saturated carbocycles. The standard InChI is InChI=1S/C14H18IN3O/c1-18-10-11(9-16-7-8-19-2)14(17-18)12-5-3-4-6-13(12)15/h3-6,10,16H,7-9H2,1-2H3. The highest BCUT2D eigenvalue weighted by Crippen LogP contribution is 2.26. The van der Waals surface area contributed by atoms with E-state index in [1.807, 2.05) is 23.9 Å². The van der Waals surface area contributed by atoms with Crippen molar-refractivity contribution in [3.05, 3.63) is 39.6 Å². The van der Waals surface area contributed by atoms with E-state index in [0.29, 0.717) is 0 Å². The molecule has 1 heterocycles. The lowest BCUT2D eigenvalue weighted by Crippen LogP contribution is -2.18. The number of hydrogen-bond donors (Lipinski definition) is 1. The van der Waals surface area contributed by atoms with Crippen molar-refractivity contribution in [2.75, 3.05) is 20.3 Å². The molecule has 0 aliphatic rings. The molecule has 19 heavy (non-hydrogen) atoms. The highest BCUT2D eigenvalue weighted by atomic mass is 127. The zero-order valence-corrected chi connectivity index (χ0v) is 13.3. The Kier molecular flexibility index (Phi) is 5.35. The SMILES string of the molecule is COCCNCc1cn(C)nc1-c1ccccc1I. The first kappa shape index (κ1) is 14.5. The summed E-state index contributed by atoms with van der Waals surface area (Å²) < 4.78 is 8.12. The van der Waals surface area contributed by atoms with Crippen LogP contribution in [0.3, 0.4) is 0 Å². The third-order valence-electron chi connectivity index (χ3n) is 2.83. The minimum atomic E-state index is 0.721. The summed E-state index contributed by atoms with van der Waals surface area (Å²) in [6, 6.07) is 8.31. The molecule has 0 spiro atoms. The van der Waals surface area contributed by atoms with Gasteiger partial charge >= 0.3 is 0 Å². The van der Waals surface area contributed by atoms with Crippen molar-refractivity contribution in [3.63, 3.8) is 0 Å².